The highest BCUT2D eigenvalue weighted by Crippen LogP contribution is 1.98. The third-order valence-corrected chi connectivity index (χ3v) is 2.02. The van der Waals surface area contributed by atoms with Crippen molar-refractivity contribution < 1.29 is 5.11 Å². The van der Waals surface area contributed by atoms with E-state index in [0.29, 0.717) is 12.5 Å². The maximum absolute atomic E-state index is 9.20. The Morgan fingerprint density at radius 2 is 2.20 bits per heavy atom. The van der Waals surface area contributed by atoms with Gasteiger partial charge in [0.15, 0.2) is 0 Å². The van der Waals surface area contributed by atoms with E-state index >= 15 is 0 Å². The van der Waals surface area contributed by atoms with Gasteiger partial charge in [0.1, 0.15) is 0 Å². The lowest BCUT2D eigenvalue weighted by Gasteiger charge is -2.05. The van der Waals surface area contributed by atoms with Crippen LogP contribution in [0, 0.1) is 5.92 Å². The summed E-state index contributed by atoms with van der Waals surface area (Å²) in [6.07, 6.45) is 3.41. The molecule has 1 aromatic rings. The summed E-state index contributed by atoms with van der Waals surface area (Å²) in [4.78, 5) is 4.26. The number of nitrogens with zero attached hydrogens (tertiary/aromatic N) is 2. The Morgan fingerprint density at radius 3 is 2.80 bits per heavy atom. The first-order valence-electron chi connectivity index (χ1n) is 5.47. The lowest BCUT2D eigenvalue weighted by Crippen LogP contribution is -2.19. The molecule has 1 aromatic heterocycles. The molecule has 0 spiro atoms. The molecule has 1 unspecified atom stereocenters. The van der Waals surface area contributed by atoms with Crippen molar-refractivity contribution in [1.29, 1.82) is 0 Å². The summed E-state index contributed by atoms with van der Waals surface area (Å²) in [5.74, 6) is 0.657. The minimum absolute atomic E-state index is 0.323. The van der Waals surface area contributed by atoms with E-state index in [4.69, 9.17) is 0 Å². The highest BCUT2D eigenvalue weighted by Gasteiger charge is 2.01. The molecule has 4 heteroatoms. The maximum atomic E-state index is 9.20. The van der Waals surface area contributed by atoms with Gasteiger partial charge in [-0.2, -0.15) is 0 Å². The van der Waals surface area contributed by atoms with Gasteiger partial charge in [0, 0.05) is 19.3 Å². The second kappa shape index (κ2) is 5.88. The zero-order chi connectivity index (χ0) is 11.3. The molecule has 0 saturated carbocycles. The summed E-state index contributed by atoms with van der Waals surface area (Å²) in [5.41, 5.74) is 1.02. The molecule has 4 nitrogen and oxygen atoms in total. The summed E-state index contributed by atoms with van der Waals surface area (Å²) >= 11 is 0. The Balaban J connectivity index is 2.33. The van der Waals surface area contributed by atoms with Crippen LogP contribution >= 0.6 is 0 Å². The van der Waals surface area contributed by atoms with Crippen molar-refractivity contribution in [1.82, 2.24) is 14.9 Å². The van der Waals surface area contributed by atoms with Gasteiger partial charge < -0.3 is 15.0 Å². The van der Waals surface area contributed by atoms with Crippen molar-refractivity contribution in [3.63, 3.8) is 0 Å². The molecule has 2 N–H and O–H groups in total. The number of aliphatic hydroxyl groups excluding tert-OH is 1. The van der Waals surface area contributed by atoms with Crippen LogP contribution in [-0.4, -0.2) is 27.3 Å². The predicted molar refractivity (Wildman–Crippen MR) is 60.5 cm³/mol. The highest BCUT2D eigenvalue weighted by molar-refractivity contribution is 4.96. The maximum Gasteiger partial charge on any atom is 0.0950 e. The topological polar surface area (TPSA) is 50.1 Å². The van der Waals surface area contributed by atoms with Gasteiger partial charge >= 0.3 is 0 Å². The van der Waals surface area contributed by atoms with Crippen LogP contribution in [-0.2, 0) is 13.1 Å². The number of imidazole rings is 1. The first-order chi connectivity index (χ1) is 7.08. The van der Waals surface area contributed by atoms with E-state index in [1.807, 2.05) is 10.8 Å². The van der Waals surface area contributed by atoms with E-state index in [1.54, 1.807) is 13.3 Å². The Labute approximate surface area is 91.3 Å². The zero-order valence-corrected chi connectivity index (χ0v) is 9.77. The molecule has 0 radical (unpaired) electrons. The van der Waals surface area contributed by atoms with Crippen LogP contribution in [0.1, 0.15) is 26.5 Å². The zero-order valence-electron chi connectivity index (χ0n) is 9.77. The van der Waals surface area contributed by atoms with E-state index in [-0.39, 0.29) is 6.10 Å². The molecule has 1 atom stereocenters. The monoisotopic (exact) mass is 211 g/mol. The van der Waals surface area contributed by atoms with Crippen LogP contribution < -0.4 is 5.32 Å². The molecule has 0 aliphatic rings. The van der Waals surface area contributed by atoms with Gasteiger partial charge in [-0.3, -0.25) is 0 Å². The quantitative estimate of drug-likeness (QED) is 0.738. The van der Waals surface area contributed by atoms with Gasteiger partial charge in [-0.05, 0) is 19.4 Å². The first-order valence-corrected chi connectivity index (χ1v) is 5.47. The second-order valence-electron chi connectivity index (χ2n) is 4.44. The smallest absolute Gasteiger partial charge is 0.0950 e. The summed E-state index contributed by atoms with van der Waals surface area (Å²) in [7, 11) is 0. The van der Waals surface area contributed by atoms with Crippen LogP contribution in [0.15, 0.2) is 12.5 Å². The fourth-order valence-corrected chi connectivity index (χ4v) is 1.39. The van der Waals surface area contributed by atoms with E-state index in [1.165, 1.54) is 0 Å². The minimum Gasteiger partial charge on any atom is -0.392 e. The molecule has 0 aromatic carbocycles. The summed E-state index contributed by atoms with van der Waals surface area (Å²) in [6.45, 7) is 8.54. The number of rotatable bonds is 6. The lowest BCUT2D eigenvalue weighted by molar-refractivity contribution is 0.173. The van der Waals surface area contributed by atoms with Crippen LogP contribution in [0.25, 0.3) is 0 Å². The van der Waals surface area contributed by atoms with Gasteiger partial charge in [0.25, 0.3) is 0 Å². The van der Waals surface area contributed by atoms with Crippen molar-refractivity contribution in [2.75, 3.05) is 6.54 Å². The number of aliphatic hydroxyl groups is 1. The van der Waals surface area contributed by atoms with E-state index < -0.39 is 0 Å². The van der Waals surface area contributed by atoms with Gasteiger partial charge in [-0.15, -0.1) is 0 Å². The average molecular weight is 211 g/mol. The SMILES string of the molecule is CC(C)CNCc1cn(CC(C)O)cn1. The van der Waals surface area contributed by atoms with Crippen LogP contribution in [0.4, 0.5) is 0 Å². The number of hydrogen-bond acceptors (Lipinski definition) is 3. The first kappa shape index (κ1) is 12.2. The van der Waals surface area contributed by atoms with Crippen LogP contribution in [0.5, 0.6) is 0 Å². The summed E-state index contributed by atoms with van der Waals surface area (Å²) in [5, 5.41) is 12.5. The molecule has 0 amide bonds. The molecular formula is C11H21N3O. The van der Waals surface area contributed by atoms with Gasteiger partial charge in [-0.25, -0.2) is 4.98 Å². The van der Waals surface area contributed by atoms with Crippen molar-refractivity contribution in [2.24, 2.45) is 5.92 Å². The Bertz CT molecular complexity index is 281. The molecule has 0 aliphatic carbocycles. The Kier molecular flexibility index (Phi) is 4.78. The van der Waals surface area contributed by atoms with Gasteiger partial charge in [0.05, 0.1) is 18.1 Å². The molecule has 86 valence electrons. The normalized spacial score (nSPS) is 13.4. The number of hydrogen-bond donors (Lipinski definition) is 2. The van der Waals surface area contributed by atoms with E-state index in [0.717, 1.165) is 18.8 Å². The van der Waals surface area contributed by atoms with Gasteiger partial charge in [-0.1, -0.05) is 13.8 Å². The molecule has 0 saturated heterocycles. The van der Waals surface area contributed by atoms with Crippen LogP contribution in [0.3, 0.4) is 0 Å². The van der Waals surface area contributed by atoms with Crippen molar-refractivity contribution in [3.05, 3.63) is 18.2 Å². The number of aromatic nitrogens is 2. The fraction of sp³-hybridized carbons (Fsp3) is 0.727. The third kappa shape index (κ3) is 4.95. The molecule has 15 heavy (non-hydrogen) atoms. The highest BCUT2D eigenvalue weighted by atomic mass is 16.3. The largest absolute Gasteiger partial charge is 0.392 e. The molecule has 0 aliphatic heterocycles. The number of nitrogens with one attached hydrogen (secondary N) is 1. The molecule has 0 fully saturated rings. The van der Waals surface area contributed by atoms with E-state index in [9.17, 15) is 5.11 Å². The Morgan fingerprint density at radius 1 is 1.47 bits per heavy atom. The van der Waals surface area contributed by atoms with Crippen molar-refractivity contribution in [2.45, 2.75) is 40.0 Å². The second-order valence-corrected chi connectivity index (χ2v) is 4.44. The fourth-order valence-electron chi connectivity index (χ4n) is 1.39. The lowest BCUT2D eigenvalue weighted by atomic mass is 10.2. The van der Waals surface area contributed by atoms with Crippen LogP contribution in [0.2, 0.25) is 0 Å². The van der Waals surface area contributed by atoms with Crippen molar-refractivity contribution >= 4 is 0 Å². The average Bonchev–Trinajstić information content (AvgIpc) is 2.50. The Hall–Kier alpha value is -0.870. The third-order valence-electron chi connectivity index (χ3n) is 2.02. The minimum atomic E-state index is -0.323. The van der Waals surface area contributed by atoms with Crippen molar-refractivity contribution in [3.8, 4) is 0 Å². The summed E-state index contributed by atoms with van der Waals surface area (Å²) < 4.78 is 1.91. The standard InChI is InChI=1S/C11H21N3O/c1-9(2)4-12-5-11-7-14(8-13-11)6-10(3)15/h7-10,12,15H,4-6H2,1-3H3. The van der Waals surface area contributed by atoms with E-state index in [2.05, 4.69) is 24.1 Å². The predicted octanol–water partition coefficient (Wildman–Crippen LogP) is 1.01. The van der Waals surface area contributed by atoms with Gasteiger partial charge in [0.2, 0.25) is 0 Å². The molecule has 0 bridgehead atoms. The molecule has 1 heterocycles. The molecular weight excluding hydrogens is 190 g/mol. The molecule has 1 rings (SSSR count). The summed E-state index contributed by atoms with van der Waals surface area (Å²) in [6, 6.07) is 0.